The monoisotopic (exact) mass is 332 g/mol. The lowest BCUT2D eigenvalue weighted by Gasteiger charge is -2.13. The minimum Gasteiger partial charge on any atom is -0.478 e. The van der Waals surface area contributed by atoms with Gasteiger partial charge in [-0.1, -0.05) is 24.3 Å². The van der Waals surface area contributed by atoms with E-state index in [0.29, 0.717) is 10.9 Å². The molecule has 0 aliphatic rings. The molecule has 0 aliphatic heterocycles. The number of halogens is 3. The van der Waals surface area contributed by atoms with Crippen molar-refractivity contribution >= 4 is 16.7 Å². The molecule has 3 aromatic rings. The zero-order valence-electron chi connectivity index (χ0n) is 12.2. The van der Waals surface area contributed by atoms with Crippen LogP contribution in [0.25, 0.3) is 21.9 Å². The van der Waals surface area contributed by atoms with Gasteiger partial charge in [-0.3, -0.25) is 0 Å². The largest absolute Gasteiger partial charge is 0.478 e. The Hall–Kier alpha value is -3.02. The molecule has 0 atom stereocenters. The Balaban J connectivity index is 2.26. The molecule has 0 heterocycles. The molecule has 0 unspecified atom stereocenters. The number of carboxylic acids is 1. The second kappa shape index (κ2) is 6.23. The fraction of sp³-hybridized carbons (Fsp3) is 0.0556. The van der Waals surface area contributed by atoms with Gasteiger partial charge in [0.2, 0.25) is 0 Å². The fourth-order valence-corrected chi connectivity index (χ4v) is 2.55. The summed E-state index contributed by atoms with van der Waals surface area (Å²) in [6.07, 6.45) is 0. The second-order valence-electron chi connectivity index (χ2n) is 5.07. The molecule has 3 aromatic carbocycles. The maximum Gasteiger partial charge on any atom is 0.387 e. The summed E-state index contributed by atoms with van der Waals surface area (Å²) in [5.41, 5.74) is 0.796. The molecule has 3 nitrogen and oxygen atoms in total. The van der Waals surface area contributed by atoms with Gasteiger partial charge in [-0.15, -0.1) is 0 Å². The first-order valence-corrected chi connectivity index (χ1v) is 6.96. The number of ether oxygens (including phenoxy) is 1. The average molecular weight is 332 g/mol. The zero-order chi connectivity index (χ0) is 17.3. The average Bonchev–Trinajstić information content (AvgIpc) is 2.53. The number of carboxylic acid groups (broad SMARTS) is 1. The number of aromatic carboxylic acids is 1. The lowest BCUT2D eigenvalue weighted by atomic mass is 9.96. The van der Waals surface area contributed by atoms with E-state index >= 15 is 0 Å². The van der Waals surface area contributed by atoms with E-state index in [-0.39, 0.29) is 16.9 Å². The number of hydrogen-bond donors (Lipinski definition) is 1. The summed E-state index contributed by atoms with van der Waals surface area (Å²) in [6, 6.07) is 13.0. The maximum absolute atomic E-state index is 13.4. The van der Waals surface area contributed by atoms with E-state index in [9.17, 15) is 18.0 Å². The van der Waals surface area contributed by atoms with E-state index in [1.807, 2.05) is 0 Å². The molecule has 0 aliphatic carbocycles. The van der Waals surface area contributed by atoms with Crippen LogP contribution in [0.2, 0.25) is 0 Å². The van der Waals surface area contributed by atoms with Gasteiger partial charge in [-0.25, -0.2) is 9.18 Å². The molecule has 0 saturated heterocycles. The number of fused-ring (bicyclic) bond motifs is 1. The van der Waals surface area contributed by atoms with Gasteiger partial charge >= 0.3 is 12.6 Å². The van der Waals surface area contributed by atoms with Crippen molar-refractivity contribution in [2.45, 2.75) is 6.61 Å². The third-order valence-electron chi connectivity index (χ3n) is 3.58. The van der Waals surface area contributed by atoms with Crippen LogP contribution < -0.4 is 4.74 Å². The van der Waals surface area contributed by atoms with E-state index in [1.165, 1.54) is 18.2 Å². The smallest absolute Gasteiger partial charge is 0.387 e. The van der Waals surface area contributed by atoms with E-state index in [4.69, 9.17) is 5.11 Å². The summed E-state index contributed by atoms with van der Waals surface area (Å²) in [4.78, 5) is 11.2. The Morgan fingerprint density at radius 2 is 1.79 bits per heavy atom. The molecule has 0 fully saturated rings. The fourth-order valence-electron chi connectivity index (χ4n) is 2.55. The van der Waals surface area contributed by atoms with Crippen LogP contribution in [-0.4, -0.2) is 17.7 Å². The number of carbonyl (C=O) groups is 1. The Morgan fingerprint density at radius 1 is 1.00 bits per heavy atom. The zero-order valence-corrected chi connectivity index (χ0v) is 12.2. The molecular formula is C18H11F3O3. The van der Waals surface area contributed by atoms with Crippen molar-refractivity contribution in [3.8, 4) is 16.9 Å². The van der Waals surface area contributed by atoms with Gasteiger partial charge in [0.15, 0.2) is 0 Å². The van der Waals surface area contributed by atoms with Crippen LogP contribution in [0.1, 0.15) is 10.4 Å². The lowest BCUT2D eigenvalue weighted by Crippen LogP contribution is -2.04. The third kappa shape index (κ3) is 3.03. The summed E-state index contributed by atoms with van der Waals surface area (Å²) in [5.74, 6) is -2.12. The van der Waals surface area contributed by atoms with Crippen LogP contribution >= 0.6 is 0 Å². The van der Waals surface area contributed by atoms with E-state index in [2.05, 4.69) is 4.74 Å². The number of alkyl halides is 2. The highest BCUT2D eigenvalue weighted by Crippen LogP contribution is 2.36. The first kappa shape index (κ1) is 15.9. The van der Waals surface area contributed by atoms with Gasteiger partial charge in [0.05, 0.1) is 5.56 Å². The predicted molar refractivity (Wildman–Crippen MR) is 82.9 cm³/mol. The van der Waals surface area contributed by atoms with Crippen molar-refractivity contribution in [3.05, 3.63) is 66.0 Å². The molecule has 0 amide bonds. The van der Waals surface area contributed by atoms with Gasteiger partial charge in [0.25, 0.3) is 0 Å². The van der Waals surface area contributed by atoms with Crippen molar-refractivity contribution in [1.82, 2.24) is 0 Å². The maximum atomic E-state index is 13.4. The summed E-state index contributed by atoms with van der Waals surface area (Å²) >= 11 is 0. The molecule has 0 saturated carbocycles. The highest BCUT2D eigenvalue weighted by molar-refractivity contribution is 6.02. The molecule has 6 heteroatoms. The molecule has 122 valence electrons. The van der Waals surface area contributed by atoms with Crippen molar-refractivity contribution in [2.24, 2.45) is 0 Å². The highest BCUT2D eigenvalue weighted by Gasteiger charge is 2.15. The Kier molecular flexibility index (Phi) is 4.12. The van der Waals surface area contributed by atoms with Gasteiger partial charge in [-0.2, -0.15) is 8.78 Å². The van der Waals surface area contributed by atoms with Gasteiger partial charge < -0.3 is 9.84 Å². The molecule has 24 heavy (non-hydrogen) atoms. The standard InChI is InChI=1S/C18H11F3O3/c19-12-6-7-14(16(9-12)24-18(20)21)13-3-1-2-10-4-5-11(17(22)23)8-15(10)13/h1-9,18H,(H,22,23). The van der Waals surface area contributed by atoms with Gasteiger partial charge in [0, 0.05) is 11.6 Å². The summed E-state index contributed by atoms with van der Waals surface area (Å²) in [6.45, 7) is -3.10. The molecule has 1 N–H and O–H groups in total. The van der Waals surface area contributed by atoms with E-state index < -0.39 is 18.4 Å². The summed E-state index contributed by atoms with van der Waals surface area (Å²) < 4.78 is 43.0. The van der Waals surface area contributed by atoms with Crippen molar-refractivity contribution in [2.75, 3.05) is 0 Å². The van der Waals surface area contributed by atoms with Crippen LogP contribution in [0.4, 0.5) is 13.2 Å². The van der Waals surface area contributed by atoms with Crippen molar-refractivity contribution in [3.63, 3.8) is 0 Å². The Morgan fingerprint density at radius 3 is 2.50 bits per heavy atom. The first-order valence-electron chi connectivity index (χ1n) is 6.96. The van der Waals surface area contributed by atoms with Crippen LogP contribution in [0.15, 0.2) is 54.6 Å². The highest BCUT2D eigenvalue weighted by atomic mass is 19.3. The molecule has 0 spiro atoms. The molecular weight excluding hydrogens is 321 g/mol. The minimum atomic E-state index is -3.10. The molecule has 0 radical (unpaired) electrons. The van der Waals surface area contributed by atoms with E-state index in [1.54, 1.807) is 24.3 Å². The SMILES string of the molecule is O=C(O)c1ccc2cccc(-c3ccc(F)cc3OC(F)F)c2c1. The van der Waals surface area contributed by atoms with Crippen LogP contribution in [0, 0.1) is 5.82 Å². The lowest BCUT2D eigenvalue weighted by molar-refractivity contribution is -0.0496. The van der Waals surface area contributed by atoms with E-state index in [0.717, 1.165) is 17.5 Å². The normalized spacial score (nSPS) is 11.0. The molecule has 0 aromatic heterocycles. The quantitative estimate of drug-likeness (QED) is 0.736. The summed E-state index contributed by atoms with van der Waals surface area (Å²) in [5, 5.41) is 10.4. The van der Waals surface area contributed by atoms with Gasteiger partial charge in [-0.05, 0) is 40.6 Å². The van der Waals surface area contributed by atoms with Crippen LogP contribution in [0.3, 0.4) is 0 Å². The second-order valence-corrected chi connectivity index (χ2v) is 5.07. The molecule has 3 rings (SSSR count). The van der Waals surface area contributed by atoms with Gasteiger partial charge in [0.1, 0.15) is 11.6 Å². The number of benzene rings is 3. The van der Waals surface area contributed by atoms with Crippen LogP contribution in [-0.2, 0) is 0 Å². The third-order valence-corrected chi connectivity index (χ3v) is 3.58. The number of hydrogen-bond acceptors (Lipinski definition) is 2. The van der Waals surface area contributed by atoms with Crippen molar-refractivity contribution < 1.29 is 27.8 Å². The minimum absolute atomic E-state index is 0.0633. The Bertz CT molecular complexity index is 923. The summed E-state index contributed by atoms with van der Waals surface area (Å²) in [7, 11) is 0. The predicted octanol–water partition coefficient (Wildman–Crippen LogP) is 4.95. The Labute approximate surface area is 134 Å². The topological polar surface area (TPSA) is 46.5 Å². The van der Waals surface area contributed by atoms with Crippen molar-refractivity contribution in [1.29, 1.82) is 0 Å². The number of rotatable bonds is 4. The van der Waals surface area contributed by atoms with Crippen LogP contribution in [0.5, 0.6) is 5.75 Å². The molecule has 0 bridgehead atoms. The first-order chi connectivity index (χ1) is 11.5.